The second-order valence-corrected chi connectivity index (χ2v) is 6.66. The topological polar surface area (TPSA) is 62.0 Å². The zero-order valence-electron chi connectivity index (χ0n) is 15.1. The van der Waals surface area contributed by atoms with Gasteiger partial charge in [-0.1, -0.05) is 0 Å². The molecule has 2 fully saturated rings. The number of hydrogen-bond donors (Lipinski definition) is 0. The van der Waals surface area contributed by atoms with Crippen LogP contribution in [-0.4, -0.2) is 29.1 Å². The van der Waals surface area contributed by atoms with Gasteiger partial charge >= 0.3 is 0 Å². The summed E-state index contributed by atoms with van der Waals surface area (Å²) in [5.41, 5.74) is 0.243. The molecular formula is C19H18F2N4O. The number of ether oxygens (including phenoxy) is 1. The molecule has 134 valence electrons. The molecule has 0 bridgehead atoms. The van der Waals surface area contributed by atoms with Crippen LogP contribution in [0.2, 0.25) is 0 Å². The van der Waals surface area contributed by atoms with E-state index in [0.29, 0.717) is 37.4 Å². The standard InChI is InChI=1S/C19H18F2N4O/c20-13-1-2-16(15(21)9-13)26-14-3-7-25(8-4-14)18-11-23-17(10-24-18)19(12-22)5-6-19/h1-2,9-11,14H,3-8H2/i14D. The third-order valence-electron chi connectivity index (χ3n) is 4.89. The minimum absolute atomic E-state index is 0.116. The van der Waals surface area contributed by atoms with Crippen LogP contribution in [0.25, 0.3) is 0 Å². The van der Waals surface area contributed by atoms with E-state index >= 15 is 0 Å². The zero-order chi connectivity index (χ0) is 19.1. The van der Waals surface area contributed by atoms with E-state index in [0.717, 1.165) is 25.0 Å². The number of anilines is 1. The Balaban J connectivity index is 1.40. The molecule has 2 aromatic rings. The van der Waals surface area contributed by atoms with Crippen molar-refractivity contribution in [2.45, 2.75) is 37.2 Å². The Hall–Kier alpha value is -2.75. The van der Waals surface area contributed by atoms with Crippen LogP contribution in [0, 0.1) is 23.0 Å². The lowest BCUT2D eigenvalue weighted by Crippen LogP contribution is -2.38. The molecule has 7 heteroatoms. The summed E-state index contributed by atoms with van der Waals surface area (Å²) >= 11 is 0. The van der Waals surface area contributed by atoms with Gasteiger partial charge in [0.25, 0.3) is 0 Å². The maximum Gasteiger partial charge on any atom is 0.167 e. The number of nitrogens with zero attached hydrogens (tertiary/aromatic N) is 4. The Morgan fingerprint density at radius 1 is 1.23 bits per heavy atom. The van der Waals surface area contributed by atoms with Gasteiger partial charge in [-0.15, -0.1) is 0 Å². The number of piperidine rings is 1. The molecule has 26 heavy (non-hydrogen) atoms. The summed E-state index contributed by atoms with van der Waals surface area (Å²) in [4.78, 5) is 10.8. The molecule has 2 aliphatic rings. The molecule has 1 aliphatic heterocycles. The molecule has 4 rings (SSSR count). The number of benzene rings is 1. The molecular weight excluding hydrogens is 338 g/mol. The van der Waals surface area contributed by atoms with Crippen LogP contribution in [0.1, 0.15) is 32.7 Å². The fourth-order valence-corrected chi connectivity index (χ4v) is 3.08. The Morgan fingerprint density at radius 3 is 2.58 bits per heavy atom. The Kier molecular flexibility index (Phi) is 3.89. The molecule has 1 aromatic carbocycles. The second-order valence-electron chi connectivity index (χ2n) is 6.66. The summed E-state index contributed by atoms with van der Waals surface area (Å²) in [6.45, 7) is 1.01. The SMILES string of the molecule is [2H]C1(Oc2ccc(F)cc2F)CCN(c2cnc(C3(C#N)CC3)cn2)CC1. The molecule has 1 aliphatic carbocycles. The maximum atomic E-state index is 13.8. The first-order chi connectivity index (χ1) is 12.9. The van der Waals surface area contributed by atoms with E-state index in [2.05, 4.69) is 16.0 Å². The van der Waals surface area contributed by atoms with Gasteiger partial charge in [-0.3, -0.25) is 4.98 Å². The van der Waals surface area contributed by atoms with Gasteiger partial charge in [0.05, 0.1) is 25.5 Å². The number of nitriles is 1. The first-order valence-corrected chi connectivity index (χ1v) is 8.56. The largest absolute Gasteiger partial charge is 0.487 e. The fraction of sp³-hybridized carbons (Fsp3) is 0.421. The summed E-state index contributed by atoms with van der Waals surface area (Å²) in [7, 11) is 0. The van der Waals surface area contributed by atoms with Crippen LogP contribution >= 0.6 is 0 Å². The molecule has 1 saturated carbocycles. The highest BCUT2D eigenvalue weighted by molar-refractivity contribution is 5.40. The summed E-state index contributed by atoms with van der Waals surface area (Å²) < 4.78 is 40.7. The second kappa shape index (κ2) is 6.52. The fourth-order valence-electron chi connectivity index (χ4n) is 3.08. The van der Waals surface area contributed by atoms with Crippen LogP contribution in [0.3, 0.4) is 0 Å². The smallest absolute Gasteiger partial charge is 0.167 e. The van der Waals surface area contributed by atoms with E-state index < -0.39 is 23.1 Å². The molecule has 0 atom stereocenters. The normalized spacial score (nSPS) is 20.8. The number of aromatic nitrogens is 2. The monoisotopic (exact) mass is 357 g/mol. The highest BCUT2D eigenvalue weighted by Crippen LogP contribution is 2.46. The van der Waals surface area contributed by atoms with Gasteiger partial charge in [0.2, 0.25) is 0 Å². The molecule has 2 heterocycles. The molecule has 0 radical (unpaired) electrons. The minimum atomic E-state index is -1.28. The Labute approximate surface area is 151 Å². The van der Waals surface area contributed by atoms with Gasteiger partial charge in [-0.25, -0.2) is 13.8 Å². The predicted octanol–water partition coefficient (Wildman–Crippen LogP) is 3.36. The lowest BCUT2D eigenvalue weighted by Gasteiger charge is -2.32. The lowest BCUT2D eigenvalue weighted by atomic mass is 10.1. The highest BCUT2D eigenvalue weighted by atomic mass is 19.1. The molecule has 0 unspecified atom stereocenters. The van der Waals surface area contributed by atoms with Gasteiger partial charge in [0.15, 0.2) is 11.6 Å². The minimum Gasteiger partial charge on any atom is -0.487 e. The summed E-state index contributed by atoms with van der Waals surface area (Å²) in [6.07, 6.45) is 4.36. The van der Waals surface area contributed by atoms with E-state index in [1.807, 2.05) is 4.90 Å². The maximum absolute atomic E-state index is 13.8. The lowest BCUT2D eigenvalue weighted by molar-refractivity contribution is 0.163. The van der Waals surface area contributed by atoms with Crippen molar-refractivity contribution in [1.82, 2.24) is 9.97 Å². The van der Waals surface area contributed by atoms with Gasteiger partial charge < -0.3 is 9.64 Å². The van der Waals surface area contributed by atoms with Crippen molar-refractivity contribution in [1.29, 1.82) is 5.26 Å². The third-order valence-corrected chi connectivity index (χ3v) is 4.89. The Bertz CT molecular complexity index is 888. The number of rotatable bonds is 4. The molecule has 0 amide bonds. The third kappa shape index (κ3) is 3.19. The first kappa shape index (κ1) is 15.5. The highest BCUT2D eigenvalue weighted by Gasteiger charge is 2.46. The first-order valence-electron chi connectivity index (χ1n) is 9.06. The number of halogens is 2. The van der Waals surface area contributed by atoms with Crippen molar-refractivity contribution in [2.75, 3.05) is 18.0 Å². The average molecular weight is 357 g/mol. The van der Waals surface area contributed by atoms with E-state index in [1.165, 1.54) is 6.07 Å². The van der Waals surface area contributed by atoms with Gasteiger partial charge in [-0.2, -0.15) is 5.26 Å². The molecule has 0 N–H and O–H groups in total. The summed E-state index contributed by atoms with van der Waals surface area (Å²) in [6, 6.07) is 5.37. The van der Waals surface area contributed by atoms with Crippen molar-refractivity contribution in [3.8, 4) is 11.8 Å². The van der Waals surface area contributed by atoms with Gasteiger partial charge in [0, 0.05) is 32.0 Å². The summed E-state index contributed by atoms with van der Waals surface area (Å²) in [5, 5.41) is 9.23. The Morgan fingerprint density at radius 2 is 2.00 bits per heavy atom. The van der Waals surface area contributed by atoms with Crippen molar-refractivity contribution in [2.24, 2.45) is 0 Å². The zero-order valence-corrected chi connectivity index (χ0v) is 14.1. The van der Waals surface area contributed by atoms with E-state index in [1.54, 1.807) is 12.4 Å². The van der Waals surface area contributed by atoms with Crippen LogP contribution in [-0.2, 0) is 5.41 Å². The van der Waals surface area contributed by atoms with Crippen LogP contribution < -0.4 is 9.64 Å². The van der Waals surface area contributed by atoms with E-state index in [4.69, 9.17) is 6.11 Å². The molecule has 1 saturated heterocycles. The van der Waals surface area contributed by atoms with Gasteiger partial charge in [-0.05, 0) is 25.0 Å². The van der Waals surface area contributed by atoms with Crippen LogP contribution in [0.4, 0.5) is 14.6 Å². The van der Waals surface area contributed by atoms with Gasteiger partial charge in [0.1, 0.15) is 23.1 Å². The van der Waals surface area contributed by atoms with E-state index in [9.17, 15) is 14.0 Å². The van der Waals surface area contributed by atoms with Crippen molar-refractivity contribution >= 4 is 5.82 Å². The summed E-state index contributed by atoms with van der Waals surface area (Å²) in [5.74, 6) is -0.921. The quantitative estimate of drug-likeness (QED) is 0.840. The molecule has 5 nitrogen and oxygen atoms in total. The molecule has 1 aromatic heterocycles. The van der Waals surface area contributed by atoms with Crippen LogP contribution in [0.5, 0.6) is 5.75 Å². The number of hydrogen-bond acceptors (Lipinski definition) is 5. The van der Waals surface area contributed by atoms with Crippen molar-refractivity contribution < 1.29 is 14.9 Å². The van der Waals surface area contributed by atoms with E-state index in [-0.39, 0.29) is 5.75 Å². The molecule has 0 spiro atoms. The van der Waals surface area contributed by atoms with Crippen molar-refractivity contribution in [3.63, 3.8) is 0 Å². The van der Waals surface area contributed by atoms with Crippen LogP contribution in [0.15, 0.2) is 30.6 Å². The van der Waals surface area contributed by atoms with Crippen molar-refractivity contribution in [3.05, 3.63) is 47.9 Å². The predicted molar refractivity (Wildman–Crippen MR) is 90.8 cm³/mol. The average Bonchev–Trinajstić information content (AvgIpc) is 3.46.